The highest BCUT2D eigenvalue weighted by molar-refractivity contribution is 5.91. The molecule has 6 heteroatoms. The van der Waals surface area contributed by atoms with E-state index in [2.05, 4.69) is 5.32 Å². The van der Waals surface area contributed by atoms with Crippen LogP contribution in [0.3, 0.4) is 0 Å². The van der Waals surface area contributed by atoms with E-state index in [1.54, 1.807) is 18.2 Å². The average molecular weight is 305 g/mol. The van der Waals surface area contributed by atoms with Crippen LogP contribution in [0.4, 0.5) is 10.1 Å². The molecule has 2 aromatic rings. The number of methoxy groups -OCH3 is 2. The molecule has 0 saturated carbocycles. The van der Waals surface area contributed by atoms with E-state index >= 15 is 0 Å². The monoisotopic (exact) mass is 305 g/mol. The Bertz CT molecular complexity index is 621. The lowest BCUT2D eigenvalue weighted by atomic mass is 10.3. The molecule has 0 radical (unpaired) electrons. The number of nitrogens with one attached hydrogen (secondary N) is 1. The second kappa shape index (κ2) is 7.31. The second-order valence-corrected chi connectivity index (χ2v) is 4.34. The molecule has 22 heavy (non-hydrogen) atoms. The molecular formula is C16H16FNO4. The van der Waals surface area contributed by atoms with Gasteiger partial charge in [-0.1, -0.05) is 6.07 Å². The Labute approximate surface area is 127 Å². The largest absolute Gasteiger partial charge is 0.493 e. The number of hydrogen-bond acceptors (Lipinski definition) is 4. The molecule has 5 nitrogen and oxygen atoms in total. The third kappa shape index (κ3) is 3.88. The molecular weight excluding hydrogens is 289 g/mol. The van der Waals surface area contributed by atoms with Crippen LogP contribution in [0, 0.1) is 5.82 Å². The van der Waals surface area contributed by atoms with Crippen molar-refractivity contribution >= 4 is 11.6 Å². The number of anilines is 1. The van der Waals surface area contributed by atoms with E-state index in [1.807, 2.05) is 0 Å². The first-order valence-electron chi connectivity index (χ1n) is 6.53. The summed E-state index contributed by atoms with van der Waals surface area (Å²) in [5, 5.41) is 2.60. The molecule has 0 aromatic heterocycles. The molecule has 0 saturated heterocycles. The molecule has 0 heterocycles. The van der Waals surface area contributed by atoms with Gasteiger partial charge in [-0.25, -0.2) is 4.39 Å². The van der Waals surface area contributed by atoms with Gasteiger partial charge in [0.1, 0.15) is 5.82 Å². The second-order valence-electron chi connectivity index (χ2n) is 4.34. The van der Waals surface area contributed by atoms with Crippen LogP contribution in [0.5, 0.6) is 17.2 Å². The third-order valence-corrected chi connectivity index (χ3v) is 2.86. The lowest BCUT2D eigenvalue weighted by molar-refractivity contribution is -0.118. The predicted octanol–water partition coefficient (Wildman–Crippen LogP) is 2.86. The van der Waals surface area contributed by atoms with Crippen LogP contribution in [0.15, 0.2) is 42.5 Å². The van der Waals surface area contributed by atoms with Crippen LogP contribution < -0.4 is 19.5 Å². The fraction of sp³-hybridized carbons (Fsp3) is 0.188. The van der Waals surface area contributed by atoms with Gasteiger partial charge >= 0.3 is 0 Å². The lowest BCUT2D eigenvalue weighted by Crippen LogP contribution is -2.20. The molecule has 2 rings (SSSR count). The van der Waals surface area contributed by atoms with Crippen LogP contribution in [0.1, 0.15) is 0 Å². The summed E-state index contributed by atoms with van der Waals surface area (Å²) in [6, 6.07) is 10.6. The summed E-state index contributed by atoms with van der Waals surface area (Å²) in [5.74, 6) is 0.539. The zero-order valence-corrected chi connectivity index (χ0v) is 12.3. The number of rotatable bonds is 6. The van der Waals surface area contributed by atoms with Crippen LogP contribution in [-0.4, -0.2) is 26.7 Å². The summed E-state index contributed by atoms with van der Waals surface area (Å²) in [4.78, 5) is 11.9. The summed E-state index contributed by atoms with van der Waals surface area (Å²) >= 11 is 0. The standard InChI is InChI=1S/C16H16FNO4/c1-20-13-4-3-5-14(21-2)16(13)22-10-15(19)18-12-8-6-11(17)7-9-12/h3-9H,10H2,1-2H3,(H,18,19). The summed E-state index contributed by atoms with van der Waals surface area (Å²) < 4.78 is 28.6. The highest BCUT2D eigenvalue weighted by Crippen LogP contribution is 2.36. The number of carbonyl (C=O) groups excluding carboxylic acids is 1. The molecule has 0 bridgehead atoms. The van der Waals surface area contributed by atoms with Crippen molar-refractivity contribution in [1.82, 2.24) is 0 Å². The van der Waals surface area contributed by atoms with Gasteiger partial charge in [0, 0.05) is 5.69 Å². The zero-order valence-electron chi connectivity index (χ0n) is 12.3. The van der Waals surface area contributed by atoms with Crippen molar-refractivity contribution in [3.05, 3.63) is 48.3 Å². The van der Waals surface area contributed by atoms with E-state index in [9.17, 15) is 9.18 Å². The Morgan fingerprint density at radius 2 is 1.64 bits per heavy atom. The van der Waals surface area contributed by atoms with Crippen molar-refractivity contribution in [2.45, 2.75) is 0 Å². The minimum absolute atomic E-state index is 0.228. The predicted molar refractivity (Wildman–Crippen MR) is 80.1 cm³/mol. The van der Waals surface area contributed by atoms with Gasteiger partial charge in [-0.3, -0.25) is 4.79 Å². The van der Waals surface area contributed by atoms with Gasteiger partial charge in [0.05, 0.1) is 14.2 Å². The summed E-state index contributed by atoms with van der Waals surface area (Å²) in [5.41, 5.74) is 0.488. The smallest absolute Gasteiger partial charge is 0.262 e. The number of amides is 1. The van der Waals surface area contributed by atoms with Crippen molar-refractivity contribution in [1.29, 1.82) is 0 Å². The van der Waals surface area contributed by atoms with Crippen molar-refractivity contribution in [3.63, 3.8) is 0 Å². The zero-order chi connectivity index (χ0) is 15.9. The van der Waals surface area contributed by atoms with Crippen LogP contribution >= 0.6 is 0 Å². The van der Waals surface area contributed by atoms with Crippen LogP contribution in [0.25, 0.3) is 0 Å². The SMILES string of the molecule is COc1cccc(OC)c1OCC(=O)Nc1ccc(F)cc1. The molecule has 0 aliphatic rings. The van der Waals surface area contributed by atoms with Crippen LogP contribution in [0.2, 0.25) is 0 Å². The molecule has 1 N–H and O–H groups in total. The first kappa shape index (κ1) is 15.6. The highest BCUT2D eigenvalue weighted by Gasteiger charge is 2.13. The normalized spacial score (nSPS) is 9.95. The number of halogens is 1. The molecule has 2 aromatic carbocycles. The topological polar surface area (TPSA) is 56.8 Å². The molecule has 116 valence electrons. The van der Waals surface area contributed by atoms with E-state index < -0.39 is 0 Å². The van der Waals surface area contributed by atoms with E-state index in [0.29, 0.717) is 22.9 Å². The Hall–Kier alpha value is -2.76. The van der Waals surface area contributed by atoms with E-state index in [4.69, 9.17) is 14.2 Å². The van der Waals surface area contributed by atoms with Gasteiger partial charge in [-0.15, -0.1) is 0 Å². The summed E-state index contributed by atoms with van der Waals surface area (Å²) in [6.45, 7) is -0.228. The van der Waals surface area contributed by atoms with E-state index in [0.717, 1.165) is 0 Å². The molecule has 0 spiro atoms. The number of hydrogen-bond donors (Lipinski definition) is 1. The Morgan fingerprint density at radius 3 is 2.18 bits per heavy atom. The minimum atomic E-state index is -0.375. The van der Waals surface area contributed by atoms with Gasteiger partial charge in [0.25, 0.3) is 5.91 Å². The van der Waals surface area contributed by atoms with Crippen molar-refractivity contribution in [2.24, 2.45) is 0 Å². The summed E-state index contributed by atoms with van der Waals surface area (Å²) in [7, 11) is 3.00. The van der Waals surface area contributed by atoms with E-state index in [1.165, 1.54) is 38.5 Å². The Morgan fingerprint density at radius 1 is 1.05 bits per heavy atom. The highest BCUT2D eigenvalue weighted by atomic mass is 19.1. The van der Waals surface area contributed by atoms with Gasteiger partial charge in [-0.2, -0.15) is 0 Å². The number of para-hydroxylation sites is 1. The Kier molecular flexibility index (Phi) is 5.19. The fourth-order valence-electron chi connectivity index (χ4n) is 1.83. The lowest BCUT2D eigenvalue weighted by Gasteiger charge is -2.14. The average Bonchev–Trinajstić information content (AvgIpc) is 2.54. The quantitative estimate of drug-likeness (QED) is 0.891. The molecule has 0 fully saturated rings. The molecule has 0 atom stereocenters. The van der Waals surface area contributed by atoms with Crippen molar-refractivity contribution in [3.8, 4) is 17.2 Å². The number of benzene rings is 2. The van der Waals surface area contributed by atoms with Crippen molar-refractivity contribution in [2.75, 3.05) is 26.1 Å². The summed E-state index contributed by atoms with van der Waals surface area (Å²) in [6.07, 6.45) is 0. The van der Waals surface area contributed by atoms with Gasteiger partial charge in [0.15, 0.2) is 18.1 Å². The fourth-order valence-corrected chi connectivity index (χ4v) is 1.83. The maximum absolute atomic E-state index is 12.8. The van der Waals surface area contributed by atoms with Crippen molar-refractivity contribution < 1.29 is 23.4 Å². The molecule has 0 aliphatic carbocycles. The third-order valence-electron chi connectivity index (χ3n) is 2.86. The van der Waals surface area contributed by atoms with Crippen LogP contribution in [-0.2, 0) is 4.79 Å². The maximum Gasteiger partial charge on any atom is 0.262 e. The molecule has 0 unspecified atom stereocenters. The van der Waals surface area contributed by atoms with Gasteiger partial charge in [-0.05, 0) is 36.4 Å². The number of ether oxygens (including phenoxy) is 3. The minimum Gasteiger partial charge on any atom is -0.493 e. The molecule has 1 amide bonds. The first-order valence-corrected chi connectivity index (χ1v) is 6.53. The molecule has 0 aliphatic heterocycles. The maximum atomic E-state index is 12.8. The van der Waals surface area contributed by atoms with Gasteiger partial charge in [0.2, 0.25) is 5.75 Å². The van der Waals surface area contributed by atoms with E-state index in [-0.39, 0.29) is 18.3 Å². The Balaban J connectivity index is 2.00. The van der Waals surface area contributed by atoms with Gasteiger partial charge < -0.3 is 19.5 Å². The first-order chi connectivity index (χ1) is 10.6. The number of carbonyl (C=O) groups is 1.